The Balaban J connectivity index is 1.68. The number of halogens is 2. The first-order chi connectivity index (χ1) is 9.46. The van der Waals surface area contributed by atoms with Crippen molar-refractivity contribution >= 4 is 5.91 Å². The maximum atomic E-state index is 12.9. The van der Waals surface area contributed by atoms with E-state index in [0.717, 1.165) is 17.0 Å². The second kappa shape index (κ2) is 4.75. The van der Waals surface area contributed by atoms with Crippen LogP contribution in [-0.2, 0) is 17.6 Å². The number of carbonyl (C=O) groups is 1. The zero-order chi connectivity index (χ0) is 14.3. The molecule has 0 atom stereocenters. The van der Waals surface area contributed by atoms with Gasteiger partial charge < -0.3 is 4.90 Å². The van der Waals surface area contributed by atoms with Gasteiger partial charge in [-0.05, 0) is 18.9 Å². The first-order valence-electron chi connectivity index (χ1n) is 6.92. The molecule has 6 heteroatoms. The van der Waals surface area contributed by atoms with Gasteiger partial charge in [0.1, 0.15) is 6.33 Å². The van der Waals surface area contributed by atoms with Crippen LogP contribution < -0.4 is 0 Å². The Morgan fingerprint density at radius 1 is 1.30 bits per heavy atom. The molecule has 1 aromatic rings. The lowest BCUT2D eigenvalue weighted by atomic mass is 9.80. The van der Waals surface area contributed by atoms with Crippen LogP contribution in [0.4, 0.5) is 8.78 Å². The van der Waals surface area contributed by atoms with Gasteiger partial charge in [-0.2, -0.15) is 0 Å². The summed E-state index contributed by atoms with van der Waals surface area (Å²) in [6.45, 7) is 3.07. The third kappa shape index (κ3) is 2.39. The molecule has 3 rings (SSSR count). The van der Waals surface area contributed by atoms with Crippen molar-refractivity contribution in [2.45, 2.75) is 38.5 Å². The molecule has 0 N–H and O–H groups in total. The highest BCUT2D eigenvalue weighted by Gasteiger charge is 2.49. The maximum absolute atomic E-state index is 12.9. The monoisotopic (exact) mass is 281 g/mol. The van der Waals surface area contributed by atoms with Crippen LogP contribution in [0.15, 0.2) is 6.33 Å². The first kappa shape index (κ1) is 13.4. The van der Waals surface area contributed by atoms with Crippen LogP contribution >= 0.6 is 0 Å². The topological polar surface area (TPSA) is 46.1 Å². The molecule has 4 nitrogen and oxygen atoms in total. The van der Waals surface area contributed by atoms with E-state index in [1.165, 1.54) is 6.33 Å². The molecule has 0 aromatic carbocycles. The second-order valence-electron chi connectivity index (χ2n) is 5.67. The van der Waals surface area contributed by atoms with Crippen molar-refractivity contribution in [1.29, 1.82) is 0 Å². The zero-order valence-corrected chi connectivity index (χ0v) is 11.4. The normalized spacial score (nSPS) is 21.9. The fourth-order valence-electron chi connectivity index (χ4n) is 3.00. The van der Waals surface area contributed by atoms with E-state index in [9.17, 15) is 13.6 Å². The number of alkyl halides is 2. The minimum Gasteiger partial charge on any atom is -0.342 e. The highest BCUT2D eigenvalue weighted by Crippen LogP contribution is 2.43. The third-order valence-corrected chi connectivity index (χ3v) is 4.25. The smallest absolute Gasteiger partial charge is 0.249 e. The molecule has 2 aliphatic rings. The molecule has 20 heavy (non-hydrogen) atoms. The molecule has 1 amide bonds. The molecule has 108 valence electrons. The number of aromatic nitrogens is 2. The highest BCUT2D eigenvalue weighted by atomic mass is 19.3. The van der Waals surface area contributed by atoms with Crippen LogP contribution in [0.25, 0.3) is 0 Å². The summed E-state index contributed by atoms with van der Waals surface area (Å²) in [7, 11) is 0. The Morgan fingerprint density at radius 2 is 2.00 bits per heavy atom. The Labute approximate surface area is 116 Å². The predicted octanol–water partition coefficient (Wildman–Crippen LogP) is 1.76. The highest BCUT2D eigenvalue weighted by molar-refractivity contribution is 5.80. The van der Waals surface area contributed by atoms with Gasteiger partial charge in [-0.1, -0.05) is 0 Å². The molecule has 1 saturated carbocycles. The summed E-state index contributed by atoms with van der Waals surface area (Å²) in [5, 5.41) is 0. The van der Waals surface area contributed by atoms with Crippen LogP contribution in [0, 0.1) is 12.8 Å². The molecule has 1 fully saturated rings. The Kier molecular flexibility index (Phi) is 3.18. The van der Waals surface area contributed by atoms with Crippen molar-refractivity contribution in [2.24, 2.45) is 5.92 Å². The number of carbonyl (C=O) groups excluding carboxylic acids is 1. The van der Waals surface area contributed by atoms with Crippen LogP contribution in [0.3, 0.4) is 0 Å². The summed E-state index contributed by atoms with van der Waals surface area (Å²) in [6, 6.07) is 0. The molecule has 0 unspecified atom stereocenters. The van der Waals surface area contributed by atoms with Gasteiger partial charge in [0, 0.05) is 49.7 Å². The van der Waals surface area contributed by atoms with E-state index < -0.39 is 11.8 Å². The van der Waals surface area contributed by atoms with Gasteiger partial charge in [0.25, 0.3) is 0 Å². The first-order valence-corrected chi connectivity index (χ1v) is 6.92. The van der Waals surface area contributed by atoms with Crippen molar-refractivity contribution in [3.8, 4) is 0 Å². The summed E-state index contributed by atoms with van der Waals surface area (Å²) >= 11 is 0. The van der Waals surface area contributed by atoms with Crippen molar-refractivity contribution in [3.63, 3.8) is 0 Å². The SMILES string of the molecule is Cc1ncnc2c1CCN(C(=O)C1CC(F)(F)C1)CC2. The number of hydrogen-bond donors (Lipinski definition) is 0. The lowest BCUT2D eigenvalue weighted by Crippen LogP contribution is -2.47. The van der Waals surface area contributed by atoms with Gasteiger partial charge in [-0.25, -0.2) is 18.7 Å². The molecule has 1 aliphatic heterocycles. The average Bonchev–Trinajstić information content (AvgIpc) is 2.58. The average molecular weight is 281 g/mol. The molecule has 0 bridgehead atoms. The fraction of sp³-hybridized carbons (Fsp3) is 0.643. The molecule has 2 heterocycles. The molecular formula is C14H17F2N3O. The number of amides is 1. The third-order valence-electron chi connectivity index (χ3n) is 4.25. The van der Waals surface area contributed by atoms with Crippen molar-refractivity contribution in [2.75, 3.05) is 13.1 Å². The Hall–Kier alpha value is -1.59. The molecule has 1 aromatic heterocycles. The van der Waals surface area contributed by atoms with Crippen molar-refractivity contribution in [3.05, 3.63) is 23.3 Å². The van der Waals surface area contributed by atoms with Gasteiger partial charge >= 0.3 is 0 Å². The minimum atomic E-state index is -2.64. The van der Waals surface area contributed by atoms with E-state index >= 15 is 0 Å². The van der Waals surface area contributed by atoms with E-state index in [0.29, 0.717) is 25.9 Å². The quantitative estimate of drug-likeness (QED) is 0.788. The summed E-state index contributed by atoms with van der Waals surface area (Å²) in [5.41, 5.74) is 3.02. The van der Waals surface area contributed by atoms with Gasteiger partial charge in [-0.15, -0.1) is 0 Å². The van der Waals surface area contributed by atoms with E-state index in [-0.39, 0.29) is 18.7 Å². The number of fused-ring (bicyclic) bond motifs is 1. The van der Waals surface area contributed by atoms with Crippen LogP contribution in [0.5, 0.6) is 0 Å². The molecule has 0 radical (unpaired) electrons. The number of hydrogen-bond acceptors (Lipinski definition) is 3. The van der Waals surface area contributed by atoms with Crippen molar-refractivity contribution < 1.29 is 13.6 Å². The van der Waals surface area contributed by atoms with Crippen molar-refractivity contribution in [1.82, 2.24) is 14.9 Å². The van der Waals surface area contributed by atoms with Gasteiger partial charge in [0.15, 0.2) is 0 Å². The number of nitrogens with zero attached hydrogens (tertiary/aromatic N) is 3. The van der Waals surface area contributed by atoms with E-state index in [1.807, 2.05) is 6.92 Å². The lowest BCUT2D eigenvalue weighted by molar-refractivity contribution is -0.159. The van der Waals surface area contributed by atoms with E-state index in [1.54, 1.807) is 4.90 Å². The molecule has 1 aliphatic carbocycles. The van der Waals surface area contributed by atoms with Gasteiger partial charge in [0.05, 0.1) is 0 Å². The summed E-state index contributed by atoms with van der Waals surface area (Å²) in [4.78, 5) is 22.4. The standard InChI is InChI=1S/C14H17F2N3O/c1-9-11-2-4-19(5-3-12(11)18-8-17-9)13(20)10-6-14(15,16)7-10/h8,10H,2-7H2,1H3. The van der Waals surface area contributed by atoms with Gasteiger partial charge in [0.2, 0.25) is 11.8 Å². The lowest BCUT2D eigenvalue weighted by Gasteiger charge is -2.36. The number of aryl methyl sites for hydroxylation is 1. The van der Waals surface area contributed by atoms with Crippen LogP contribution in [0.1, 0.15) is 29.8 Å². The second-order valence-corrected chi connectivity index (χ2v) is 5.67. The van der Waals surface area contributed by atoms with E-state index in [2.05, 4.69) is 9.97 Å². The van der Waals surface area contributed by atoms with E-state index in [4.69, 9.17) is 0 Å². The van der Waals surface area contributed by atoms with Crippen LogP contribution in [0.2, 0.25) is 0 Å². The number of rotatable bonds is 1. The minimum absolute atomic E-state index is 0.130. The molecule has 0 spiro atoms. The summed E-state index contributed by atoms with van der Waals surface area (Å²) < 4.78 is 25.8. The predicted molar refractivity (Wildman–Crippen MR) is 68.4 cm³/mol. The summed E-state index contributed by atoms with van der Waals surface area (Å²) in [6.07, 6.45) is 2.32. The largest absolute Gasteiger partial charge is 0.342 e. The van der Waals surface area contributed by atoms with Gasteiger partial charge in [-0.3, -0.25) is 4.79 Å². The maximum Gasteiger partial charge on any atom is 0.249 e. The zero-order valence-electron chi connectivity index (χ0n) is 11.4. The van der Waals surface area contributed by atoms with Crippen LogP contribution in [-0.4, -0.2) is 39.8 Å². The summed E-state index contributed by atoms with van der Waals surface area (Å²) in [5.74, 6) is -3.27. The Morgan fingerprint density at radius 3 is 2.70 bits per heavy atom. The fourth-order valence-corrected chi connectivity index (χ4v) is 3.00. The Bertz CT molecular complexity index is 539. The molecular weight excluding hydrogens is 264 g/mol. The molecule has 0 saturated heterocycles.